The van der Waals surface area contributed by atoms with Crippen LogP contribution >= 0.6 is 12.4 Å². The lowest BCUT2D eigenvalue weighted by atomic mass is 9.93. The van der Waals surface area contributed by atoms with Crippen molar-refractivity contribution in [3.8, 4) is 0 Å². The third-order valence-corrected chi connectivity index (χ3v) is 4.93. The fourth-order valence-corrected chi connectivity index (χ4v) is 3.56. The zero-order chi connectivity index (χ0) is 16.2. The van der Waals surface area contributed by atoms with Crippen LogP contribution < -0.4 is 5.73 Å². The normalized spacial score (nSPS) is 21.2. The molecule has 0 spiro atoms. The summed E-state index contributed by atoms with van der Waals surface area (Å²) in [7, 11) is 0. The summed E-state index contributed by atoms with van der Waals surface area (Å²) in [4.78, 5) is 14.7. The van der Waals surface area contributed by atoms with Crippen LogP contribution in [0.25, 0.3) is 0 Å². The van der Waals surface area contributed by atoms with Gasteiger partial charge in [0.2, 0.25) is 5.91 Å². The molecule has 1 heterocycles. The molecule has 0 saturated carbocycles. The number of rotatable bonds is 4. The number of carbonyl (C=O) groups excluding carboxylic acids is 1. The standard InChI is InChI=1S/C20H24N2O.ClH/c1-15-18(16-8-4-2-5-9-16)12-13-22(15)20(23)14-19(21)17-10-6-3-7-11-17;/h2-11,15,18-19H,12-14,21H2,1H3;1H. The van der Waals surface area contributed by atoms with Crippen LogP contribution in [0.3, 0.4) is 0 Å². The summed E-state index contributed by atoms with van der Waals surface area (Å²) in [6.07, 6.45) is 1.40. The number of benzene rings is 2. The Morgan fingerprint density at radius 2 is 1.71 bits per heavy atom. The fourth-order valence-electron chi connectivity index (χ4n) is 3.56. The molecule has 0 aliphatic carbocycles. The summed E-state index contributed by atoms with van der Waals surface area (Å²) in [5, 5.41) is 0. The van der Waals surface area contributed by atoms with Crippen molar-refractivity contribution in [2.24, 2.45) is 5.73 Å². The van der Waals surface area contributed by atoms with E-state index in [-0.39, 0.29) is 30.4 Å². The fraction of sp³-hybridized carbons (Fsp3) is 0.350. The van der Waals surface area contributed by atoms with E-state index in [4.69, 9.17) is 5.73 Å². The predicted octanol–water partition coefficient (Wildman–Crippen LogP) is 3.90. The van der Waals surface area contributed by atoms with Gasteiger partial charge in [0.1, 0.15) is 0 Å². The topological polar surface area (TPSA) is 46.3 Å². The molecule has 128 valence electrons. The van der Waals surface area contributed by atoms with E-state index in [0.29, 0.717) is 12.3 Å². The van der Waals surface area contributed by atoms with Gasteiger partial charge in [-0.15, -0.1) is 12.4 Å². The van der Waals surface area contributed by atoms with E-state index < -0.39 is 0 Å². The number of likely N-dealkylation sites (tertiary alicyclic amines) is 1. The van der Waals surface area contributed by atoms with Crippen molar-refractivity contribution in [2.45, 2.75) is 37.8 Å². The van der Waals surface area contributed by atoms with Gasteiger partial charge in [-0.25, -0.2) is 0 Å². The highest BCUT2D eigenvalue weighted by Gasteiger charge is 2.34. The van der Waals surface area contributed by atoms with Crippen molar-refractivity contribution in [2.75, 3.05) is 6.54 Å². The SMILES string of the molecule is CC1C(c2ccccc2)CCN1C(=O)CC(N)c1ccccc1.Cl. The first kappa shape index (κ1) is 18.5. The molecule has 0 aromatic heterocycles. The largest absolute Gasteiger partial charge is 0.339 e. The van der Waals surface area contributed by atoms with Crippen LogP contribution in [0.4, 0.5) is 0 Å². The number of hydrogen-bond donors (Lipinski definition) is 1. The van der Waals surface area contributed by atoms with E-state index in [0.717, 1.165) is 18.5 Å². The first-order chi connectivity index (χ1) is 11.2. The third-order valence-electron chi connectivity index (χ3n) is 4.93. The minimum atomic E-state index is -0.230. The molecule has 3 rings (SSSR count). The van der Waals surface area contributed by atoms with Crippen molar-refractivity contribution in [3.05, 3.63) is 71.8 Å². The minimum absolute atomic E-state index is 0. The minimum Gasteiger partial charge on any atom is -0.339 e. The van der Waals surface area contributed by atoms with E-state index in [1.165, 1.54) is 5.56 Å². The highest BCUT2D eigenvalue weighted by Crippen LogP contribution is 2.34. The molecular weight excluding hydrogens is 320 g/mol. The maximum Gasteiger partial charge on any atom is 0.224 e. The van der Waals surface area contributed by atoms with E-state index in [9.17, 15) is 4.79 Å². The summed E-state index contributed by atoms with van der Waals surface area (Å²) < 4.78 is 0. The number of nitrogens with two attached hydrogens (primary N) is 1. The van der Waals surface area contributed by atoms with Crippen LogP contribution in [0.2, 0.25) is 0 Å². The predicted molar refractivity (Wildman–Crippen MR) is 100 cm³/mol. The summed E-state index contributed by atoms with van der Waals surface area (Å²) in [5.74, 6) is 0.584. The molecule has 2 aromatic carbocycles. The van der Waals surface area contributed by atoms with Crippen molar-refractivity contribution in [1.82, 2.24) is 4.90 Å². The molecule has 3 unspecified atom stereocenters. The number of hydrogen-bond acceptors (Lipinski definition) is 2. The summed E-state index contributed by atoms with van der Waals surface area (Å²) in [6, 6.07) is 20.3. The average molecular weight is 345 g/mol. The van der Waals surface area contributed by atoms with Crippen LogP contribution in [0.1, 0.15) is 42.9 Å². The molecule has 0 bridgehead atoms. The second-order valence-electron chi connectivity index (χ2n) is 6.35. The van der Waals surface area contributed by atoms with Crippen molar-refractivity contribution < 1.29 is 4.79 Å². The van der Waals surface area contributed by atoms with E-state index >= 15 is 0 Å². The average Bonchev–Trinajstić information content (AvgIpc) is 2.98. The smallest absolute Gasteiger partial charge is 0.224 e. The van der Waals surface area contributed by atoms with Gasteiger partial charge in [0.25, 0.3) is 0 Å². The van der Waals surface area contributed by atoms with Crippen LogP contribution in [0, 0.1) is 0 Å². The summed E-state index contributed by atoms with van der Waals surface area (Å²) in [5.41, 5.74) is 8.55. The second-order valence-corrected chi connectivity index (χ2v) is 6.35. The number of amides is 1. The van der Waals surface area contributed by atoms with Crippen LogP contribution in [-0.2, 0) is 4.79 Å². The Bertz CT molecular complexity index is 647. The van der Waals surface area contributed by atoms with Gasteiger partial charge in [0, 0.05) is 31.0 Å². The van der Waals surface area contributed by atoms with Gasteiger partial charge in [-0.05, 0) is 24.5 Å². The lowest BCUT2D eigenvalue weighted by Gasteiger charge is -2.26. The first-order valence-corrected chi connectivity index (χ1v) is 8.31. The molecule has 2 N–H and O–H groups in total. The molecule has 3 nitrogen and oxygen atoms in total. The first-order valence-electron chi connectivity index (χ1n) is 8.31. The van der Waals surface area contributed by atoms with E-state index in [1.54, 1.807) is 0 Å². The highest BCUT2D eigenvalue weighted by molar-refractivity contribution is 5.85. The quantitative estimate of drug-likeness (QED) is 0.914. The Morgan fingerprint density at radius 3 is 2.33 bits per heavy atom. The van der Waals surface area contributed by atoms with Gasteiger partial charge in [0.15, 0.2) is 0 Å². The van der Waals surface area contributed by atoms with Gasteiger partial charge in [0.05, 0.1) is 0 Å². The monoisotopic (exact) mass is 344 g/mol. The molecule has 1 aliphatic rings. The van der Waals surface area contributed by atoms with E-state index in [1.807, 2.05) is 41.3 Å². The van der Waals surface area contributed by atoms with Gasteiger partial charge in [-0.2, -0.15) is 0 Å². The molecular formula is C20H25ClN2O. The molecule has 1 fully saturated rings. The molecule has 0 radical (unpaired) electrons. The lowest BCUT2D eigenvalue weighted by Crippen LogP contribution is -2.37. The zero-order valence-corrected chi connectivity index (χ0v) is 14.8. The Kier molecular flexibility index (Phi) is 6.41. The van der Waals surface area contributed by atoms with Crippen molar-refractivity contribution >= 4 is 18.3 Å². The van der Waals surface area contributed by atoms with Gasteiger partial charge in [-0.3, -0.25) is 4.79 Å². The molecule has 1 aliphatic heterocycles. The van der Waals surface area contributed by atoms with Gasteiger partial charge >= 0.3 is 0 Å². The number of carbonyl (C=O) groups is 1. The molecule has 24 heavy (non-hydrogen) atoms. The third kappa shape index (κ3) is 3.97. The molecule has 1 amide bonds. The van der Waals surface area contributed by atoms with Crippen molar-refractivity contribution in [3.63, 3.8) is 0 Å². The Balaban J connectivity index is 0.00000208. The Hall–Kier alpha value is -1.84. The molecule has 2 aromatic rings. The molecule has 1 saturated heterocycles. The molecule has 3 atom stereocenters. The second kappa shape index (κ2) is 8.32. The van der Waals surface area contributed by atoms with Crippen molar-refractivity contribution in [1.29, 1.82) is 0 Å². The maximum atomic E-state index is 12.7. The number of nitrogens with zero attached hydrogens (tertiary/aromatic N) is 1. The zero-order valence-electron chi connectivity index (χ0n) is 14.0. The van der Waals surface area contributed by atoms with Crippen LogP contribution in [0.15, 0.2) is 60.7 Å². The van der Waals surface area contributed by atoms with E-state index in [2.05, 4.69) is 31.2 Å². The Morgan fingerprint density at radius 1 is 1.12 bits per heavy atom. The van der Waals surface area contributed by atoms with Crippen LogP contribution in [-0.4, -0.2) is 23.4 Å². The molecule has 4 heteroatoms. The highest BCUT2D eigenvalue weighted by atomic mass is 35.5. The number of halogens is 1. The van der Waals surface area contributed by atoms with Gasteiger partial charge < -0.3 is 10.6 Å². The summed E-state index contributed by atoms with van der Waals surface area (Å²) in [6.45, 7) is 2.97. The van der Waals surface area contributed by atoms with Crippen LogP contribution in [0.5, 0.6) is 0 Å². The summed E-state index contributed by atoms with van der Waals surface area (Å²) >= 11 is 0. The lowest BCUT2D eigenvalue weighted by molar-refractivity contribution is -0.132. The van der Waals surface area contributed by atoms with Gasteiger partial charge in [-0.1, -0.05) is 60.7 Å². The maximum absolute atomic E-state index is 12.7. The Labute approximate surface area is 150 Å².